The Labute approximate surface area is 250 Å². The van der Waals surface area contributed by atoms with Crippen LogP contribution in [0.25, 0.3) is 21.6 Å². The largest absolute Gasteiger partial charge is 0.482 e. The summed E-state index contributed by atoms with van der Waals surface area (Å²) in [7, 11) is 0. The van der Waals surface area contributed by atoms with Crippen LogP contribution in [-0.2, 0) is 11.3 Å². The van der Waals surface area contributed by atoms with Crippen LogP contribution in [0.1, 0.15) is 33.2 Å². The molecule has 8 rings (SSSR count). The first-order valence-corrected chi connectivity index (χ1v) is 15.0. The molecule has 1 unspecified atom stereocenters. The Bertz CT molecular complexity index is 1940. The molecular formula is C34H26FN3O4S. The van der Waals surface area contributed by atoms with E-state index in [4.69, 9.17) is 9.47 Å². The van der Waals surface area contributed by atoms with Crippen molar-refractivity contribution < 1.29 is 18.7 Å². The molecule has 2 atom stereocenters. The molecule has 3 aromatic carbocycles. The van der Waals surface area contributed by atoms with E-state index >= 15 is 0 Å². The summed E-state index contributed by atoms with van der Waals surface area (Å²) < 4.78 is 28.7. The maximum atomic E-state index is 14.9. The third kappa shape index (κ3) is 4.11. The second-order valence-corrected chi connectivity index (χ2v) is 11.7. The molecule has 7 nitrogen and oxygen atoms in total. The Balaban J connectivity index is 1.37. The molecule has 0 N–H and O–H groups in total. The fourth-order valence-corrected chi connectivity index (χ4v) is 7.47. The van der Waals surface area contributed by atoms with Crippen molar-refractivity contribution in [3.05, 3.63) is 135 Å². The van der Waals surface area contributed by atoms with Crippen LogP contribution in [0.15, 0.2) is 101 Å². The van der Waals surface area contributed by atoms with E-state index in [1.54, 1.807) is 33.2 Å². The molecule has 214 valence electrons. The number of ether oxygens (including phenoxy) is 2. The molecule has 43 heavy (non-hydrogen) atoms. The number of amides is 1. The summed E-state index contributed by atoms with van der Waals surface area (Å²) >= 11 is 1.62. The highest BCUT2D eigenvalue weighted by molar-refractivity contribution is 7.14. The summed E-state index contributed by atoms with van der Waals surface area (Å²) in [5.74, 6) is -0.602. The van der Waals surface area contributed by atoms with E-state index in [1.807, 2.05) is 60.0 Å². The van der Waals surface area contributed by atoms with Crippen molar-refractivity contribution >= 4 is 17.2 Å². The number of hydrogen-bond donors (Lipinski definition) is 0. The van der Waals surface area contributed by atoms with Crippen molar-refractivity contribution in [1.82, 2.24) is 9.58 Å². The van der Waals surface area contributed by atoms with Crippen LogP contribution in [0, 0.1) is 5.82 Å². The number of pyridine rings is 1. The molecule has 9 heteroatoms. The second-order valence-electron chi connectivity index (χ2n) is 10.8. The SMILES string of the molecule is O=C1c2c(OCc3ccccc3)c(=O)ccn2N(C2c3ccc(F)cc3-c3ccsc3-c3ccccc32)[C@@H]2COCCN12. The van der Waals surface area contributed by atoms with E-state index < -0.39 is 12.2 Å². The summed E-state index contributed by atoms with van der Waals surface area (Å²) in [5.41, 5.74) is 5.38. The van der Waals surface area contributed by atoms with Gasteiger partial charge in [-0.05, 0) is 51.4 Å². The van der Waals surface area contributed by atoms with Gasteiger partial charge in [0.1, 0.15) is 18.6 Å². The van der Waals surface area contributed by atoms with Crippen LogP contribution in [0.5, 0.6) is 5.75 Å². The fraction of sp³-hybridized carbons (Fsp3) is 0.176. The number of aromatic nitrogens is 1. The lowest BCUT2D eigenvalue weighted by Crippen LogP contribution is -2.66. The molecule has 0 saturated carbocycles. The Kier molecular flexibility index (Phi) is 6.16. The molecule has 0 radical (unpaired) electrons. The van der Waals surface area contributed by atoms with Crippen molar-refractivity contribution in [1.29, 1.82) is 0 Å². The number of morpholine rings is 1. The minimum absolute atomic E-state index is 0.00615. The monoisotopic (exact) mass is 591 g/mol. The van der Waals surface area contributed by atoms with Gasteiger partial charge in [-0.3, -0.25) is 19.3 Å². The van der Waals surface area contributed by atoms with E-state index in [9.17, 15) is 14.0 Å². The zero-order valence-electron chi connectivity index (χ0n) is 23.0. The third-order valence-electron chi connectivity index (χ3n) is 8.41. The molecule has 5 aromatic rings. The zero-order valence-corrected chi connectivity index (χ0v) is 23.8. The molecule has 1 amide bonds. The van der Waals surface area contributed by atoms with Crippen LogP contribution < -0.4 is 15.2 Å². The van der Waals surface area contributed by atoms with Gasteiger partial charge < -0.3 is 14.4 Å². The highest BCUT2D eigenvalue weighted by Crippen LogP contribution is 2.50. The van der Waals surface area contributed by atoms with Crippen molar-refractivity contribution in [3.63, 3.8) is 0 Å². The van der Waals surface area contributed by atoms with Gasteiger partial charge in [-0.1, -0.05) is 60.7 Å². The summed E-state index contributed by atoms with van der Waals surface area (Å²) in [6, 6.07) is 25.7. The summed E-state index contributed by atoms with van der Waals surface area (Å²) in [5, 5.41) is 4.12. The minimum atomic E-state index is -0.481. The number of carbonyl (C=O) groups excluding carboxylic acids is 1. The Morgan fingerprint density at radius 3 is 2.60 bits per heavy atom. The first-order chi connectivity index (χ1) is 21.1. The Morgan fingerprint density at radius 1 is 0.907 bits per heavy atom. The topological polar surface area (TPSA) is 64.0 Å². The number of thiophene rings is 1. The van der Waals surface area contributed by atoms with Crippen molar-refractivity contribution in [3.8, 4) is 27.3 Å². The molecule has 0 spiro atoms. The highest BCUT2D eigenvalue weighted by Gasteiger charge is 2.46. The second kappa shape index (κ2) is 10.2. The Morgan fingerprint density at radius 2 is 1.72 bits per heavy atom. The number of hydrogen-bond acceptors (Lipinski definition) is 6. The van der Waals surface area contributed by atoms with Crippen LogP contribution in [0.3, 0.4) is 0 Å². The average Bonchev–Trinajstić information content (AvgIpc) is 3.50. The standard InChI is InChI=1S/C34H26FN3O4S/c35-22-10-11-24-27(18-22)26-13-17-43-33(26)25-9-5-4-8-23(25)30(24)38-29-20-41-16-15-36(29)34(40)31-32(28(39)12-14-37(31)38)42-19-21-6-2-1-3-7-21/h1-14,17-18,29-30H,15-16,19-20H2/t29-,30?/m1/s1. The zero-order chi connectivity index (χ0) is 29.1. The van der Waals surface area contributed by atoms with E-state index in [2.05, 4.69) is 17.1 Å². The van der Waals surface area contributed by atoms with Crippen LogP contribution in [-0.4, -0.2) is 41.4 Å². The molecule has 1 aliphatic carbocycles. The van der Waals surface area contributed by atoms with Gasteiger partial charge in [0.15, 0.2) is 11.4 Å². The van der Waals surface area contributed by atoms with Gasteiger partial charge in [-0.15, -0.1) is 11.3 Å². The lowest BCUT2D eigenvalue weighted by atomic mass is 9.92. The van der Waals surface area contributed by atoms with E-state index in [-0.39, 0.29) is 41.8 Å². The maximum absolute atomic E-state index is 14.9. The maximum Gasteiger partial charge on any atom is 0.278 e. The number of fused-ring (bicyclic) bond motifs is 7. The molecule has 1 fully saturated rings. The van der Waals surface area contributed by atoms with Crippen LogP contribution in [0.4, 0.5) is 4.39 Å². The predicted molar refractivity (Wildman–Crippen MR) is 162 cm³/mol. The molecule has 1 saturated heterocycles. The van der Waals surface area contributed by atoms with Gasteiger partial charge in [0.2, 0.25) is 5.43 Å². The number of carbonyl (C=O) groups is 1. The first-order valence-electron chi connectivity index (χ1n) is 14.2. The number of halogens is 1. The smallest absolute Gasteiger partial charge is 0.278 e. The summed E-state index contributed by atoms with van der Waals surface area (Å²) in [4.78, 5) is 30.3. The minimum Gasteiger partial charge on any atom is -0.482 e. The lowest BCUT2D eigenvalue weighted by Gasteiger charge is -2.51. The van der Waals surface area contributed by atoms with Gasteiger partial charge in [0.05, 0.1) is 19.3 Å². The molecule has 3 aliphatic rings. The van der Waals surface area contributed by atoms with Gasteiger partial charge >= 0.3 is 0 Å². The first kappa shape index (κ1) is 25.9. The van der Waals surface area contributed by atoms with Gasteiger partial charge in [-0.25, -0.2) is 4.39 Å². The van der Waals surface area contributed by atoms with Gasteiger partial charge in [-0.2, -0.15) is 0 Å². The highest BCUT2D eigenvalue weighted by atomic mass is 32.1. The lowest BCUT2D eigenvalue weighted by molar-refractivity contribution is -0.0197. The van der Waals surface area contributed by atoms with Crippen molar-refractivity contribution in [2.24, 2.45) is 0 Å². The van der Waals surface area contributed by atoms with Gasteiger partial charge in [0, 0.05) is 29.2 Å². The van der Waals surface area contributed by atoms with Gasteiger partial charge in [0.25, 0.3) is 5.91 Å². The summed E-state index contributed by atoms with van der Waals surface area (Å²) in [6.07, 6.45) is 1.16. The summed E-state index contributed by atoms with van der Waals surface area (Å²) in [6.45, 7) is 1.16. The fourth-order valence-electron chi connectivity index (χ4n) is 6.51. The van der Waals surface area contributed by atoms with Crippen molar-refractivity contribution in [2.75, 3.05) is 24.8 Å². The molecule has 2 aliphatic heterocycles. The van der Waals surface area contributed by atoms with Crippen molar-refractivity contribution in [2.45, 2.75) is 18.8 Å². The molecular weight excluding hydrogens is 565 g/mol. The molecule has 4 heterocycles. The quantitative estimate of drug-likeness (QED) is 0.264. The number of rotatable bonds is 4. The number of benzene rings is 3. The molecule has 2 aromatic heterocycles. The van der Waals surface area contributed by atoms with Crippen LogP contribution >= 0.6 is 11.3 Å². The van der Waals surface area contributed by atoms with Crippen LogP contribution in [0.2, 0.25) is 0 Å². The van der Waals surface area contributed by atoms with E-state index in [1.165, 1.54) is 12.1 Å². The third-order valence-corrected chi connectivity index (χ3v) is 9.36. The molecule has 0 bridgehead atoms. The van der Waals surface area contributed by atoms with E-state index in [0.717, 1.165) is 38.3 Å². The normalized spacial score (nSPS) is 18.6. The van der Waals surface area contributed by atoms with E-state index in [0.29, 0.717) is 13.2 Å². The average molecular weight is 592 g/mol. The Hall–Kier alpha value is -4.73. The number of nitrogens with zero attached hydrogens (tertiary/aromatic N) is 3. The predicted octanol–water partition coefficient (Wildman–Crippen LogP) is 5.82.